The minimum Gasteiger partial charge on any atom is -0.299 e. The quantitative estimate of drug-likeness (QED) is 0.539. The first kappa shape index (κ1) is 8.44. The van der Waals surface area contributed by atoms with E-state index in [0.29, 0.717) is 12.8 Å². The van der Waals surface area contributed by atoms with Gasteiger partial charge in [0.2, 0.25) is 0 Å². The van der Waals surface area contributed by atoms with Gasteiger partial charge in [-0.05, 0) is 11.8 Å². The highest BCUT2D eigenvalue weighted by atomic mass is 16.1. The maximum absolute atomic E-state index is 11.0. The molecule has 62 valence electrons. The molecule has 0 bridgehead atoms. The van der Waals surface area contributed by atoms with Gasteiger partial charge in [0.15, 0.2) is 0 Å². The van der Waals surface area contributed by atoms with Gasteiger partial charge in [0.1, 0.15) is 11.6 Å². The van der Waals surface area contributed by atoms with Crippen molar-refractivity contribution in [2.24, 2.45) is 5.41 Å². The Morgan fingerprint density at radius 2 is 1.73 bits per heavy atom. The maximum atomic E-state index is 11.0. The van der Waals surface area contributed by atoms with Crippen LogP contribution in [0.3, 0.4) is 0 Å². The average molecular weight is 154 g/mol. The first-order valence-electron chi connectivity index (χ1n) is 4.09. The second-order valence-electron chi connectivity index (χ2n) is 3.77. The first-order chi connectivity index (χ1) is 5.06. The summed E-state index contributed by atoms with van der Waals surface area (Å²) in [6.45, 7) is 4.05. The lowest BCUT2D eigenvalue weighted by Gasteiger charge is -2.30. The van der Waals surface area contributed by atoms with Gasteiger partial charge in [0.25, 0.3) is 0 Å². The van der Waals surface area contributed by atoms with Crippen LogP contribution in [-0.4, -0.2) is 11.6 Å². The predicted molar refractivity (Wildman–Crippen MR) is 42.3 cm³/mol. The third-order valence-corrected chi connectivity index (χ3v) is 2.50. The smallest absolute Gasteiger partial charge is 0.140 e. The van der Waals surface area contributed by atoms with E-state index in [1.165, 1.54) is 0 Å². The number of hydrogen-bond donors (Lipinski definition) is 0. The molecule has 0 aromatic heterocycles. The van der Waals surface area contributed by atoms with Crippen LogP contribution in [0.15, 0.2) is 0 Å². The molecule has 2 nitrogen and oxygen atoms in total. The van der Waals surface area contributed by atoms with Crippen molar-refractivity contribution in [2.45, 2.75) is 39.5 Å². The fraction of sp³-hybridized carbons (Fsp3) is 0.778. The summed E-state index contributed by atoms with van der Waals surface area (Å²) >= 11 is 0. The highest BCUT2D eigenvalue weighted by Crippen LogP contribution is 2.34. The Kier molecular flexibility index (Phi) is 2.12. The Hall–Kier alpha value is -0.660. The molecule has 0 saturated heterocycles. The molecule has 1 fully saturated rings. The second kappa shape index (κ2) is 2.76. The molecule has 1 aliphatic carbocycles. The van der Waals surface area contributed by atoms with Crippen molar-refractivity contribution < 1.29 is 9.59 Å². The Bertz CT molecular complexity index is 178. The zero-order valence-electron chi connectivity index (χ0n) is 7.14. The molecule has 0 heterocycles. The molecule has 11 heavy (non-hydrogen) atoms. The highest BCUT2D eigenvalue weighted by molar-refractivity contribution is 6.02. The van der Waals surface area contributed by atoms with Gasteiger partial charge >= 0.3 is 0 Å². The summed E-state index contributed by atoms with van der Waals surface area (Å²) in [6.07, 6.45) is 2.28. The normalized spacial score (nSPS) is 23.8. The summed E-state index contributed by atoms with van der Waals surface area (Å²) < 4.78 is 0. The van der Waals surface area contributed by atoms with E-state index in [0.717, 1.165) is 6.42 Å². The summed E-state index contributed by atoms with van der Waals surface area (Å²) in [6, 6.07) is 0. The monoisotopic (exact) mass is 154 g/mol. The number of rotatable bonds is 1. The van der Waals surface area contributed by atoms with Gasteiger partial charge in [-0.2, -0.15) is 0 Å². The SMILES string of the molecule is CCC1(C)CC(=O)CC(=O)C1. The van der Waals surface area contributed by atoms with Gasteiger partial charge in [-0.15, -0.1) is 0 Å². The Morgan fingerprint density at radius 1 is 1.27 bits per heavy atom. The van der Waals surface area contributed by atoms with Crippen LogP contribution in [0.5, 0.6) is 0 Å². The van der Waals surface area contributed by atoms with E-state index in [1.807, 2.05) is 13.8 Å². The lowest BCUT2D eigenvalue weighted by Crippen LogP contribution is -2.30. The number of Topliss-reactive ketones (excluding diaryl/α,β-unsaturated/α-hetero) is 2. The Balaban J connectivity index is 2.70. The minimum atomic E-state index is -0.0353. The Morgan fingerprint density at radius 3 is 2.09 bits per heavy atom. The van der Waals surface area contributed by atoms with Crippen LogP contribution in [0, 0.1) is 5.41 Å². The van der Waals surface area contributed by atoms with Gasteiger partial charge in [-0.3, -0.25) is 9.59 Å². The molecule has 0 aromatic rings. The van der Waals surface area contributed by atoms with Crippen molar-refractivity contribution in [3.63, 3.8) is 0 Å². The zero-order chi connectivity index (χ0) is 8.48. The van der Waals surface area contributed by atoms with Crippen LogP contribution in [0.25, 0.3) is 0 Å². The summed E-state index contributed by atoms with van der Waals surface area (Å²) in [5.41, 5.74) is -0.0353. The van der Waals surface area contributed by atoms with Crippen LogP contribution < -0.4 is 0 Å². The summed E-state index contributed by atoms with van der Waals surface area (Å²) in [5.74, 6) is 0.233. The topological polar surface area (TPSA) is 34.1 Å². The van der Waals surface area contributed by atoms with E-state index in [2.05, 4.69) is 0 Å². The van der Waals surface area contributed by atoms with Crippen LogP contribution in [-0.2, 0) is 9.59 Å². The molecule has 0 aliphatic heterocycles. The molecule has 0 unspecified atom stereocenters. The van der Waals surface area contributed by atoms with Crippen LogP contribution in [0.2, 0.25) is 0 Å². The fourth-order valence-corrected chi connectivity index (χ4v) is 1.61. The summed E-state index contributed by atoms with van der Waals surface area (Å²) in [7, 11) is 0. The molecular weight excluding hydrogens is 140 g/mol. The molecule has 1 aliphatic rings. The predicted octanol–water partition coefficient (Wildman–Crippen LogP) is 1.72. The maximum Gasteiger partial charge on any atom is 0.140 e. The number of carbonyl (C=O) groups is 2. The van der Waals surface area contributed by atoms with Gasteiger partial charge in [0, 0.05) is 12.8 Å². The lowest BCUT2D eigenvalue weighted by atomic mass is 9.73. The molecule has 0 aromatic carbocycles. The van der Waals surface area contributed by atoms with E-state index in [-0.39, 0.29) is 23.4 Å². The number of ketones is 2. The van der Waals surface area contributed by atoms with Crippen molar-refractivity contribution in [3.8, 4) is 0 Å². The lowest BCUT2D eigenvalue weighted by molar-refractivity contribution is -0.133. The molecule has 1 saturated carbocycles. The third-order valence-electron chi connectivity index (χ3n) is 2.50. The van der Waals surface area contributed by atoms with E-state index in [1.54, 1.807) is 0 Å². The standard InChI is InChI=1S/C9H14O2/c1-3-9(2)5-7(10)4-8(11)6-9/h3-6H2,1-2H3. The van der Waals surface area contributed by atoms with E-state index >= 15 is 0 Å². The molecule has 0 radical (unpaired) electrons. The molecule has 0 N–H and O–H groups in total. The highest BCUT2D eigenvalue weighted by Gasteiger charge is 2.33. The molecule has 2 heteroatoms. The molecular formula is C9H14O2. The number of carbonyl (C=O) groups excluding carboxylic acids is 2. The van der Waals surface area contributed by atoms with E-state index in [4.69, 9.17) is 0 Å². The van der Waals surface area contributed by atoms with Crippen molar-refractivity contribution in [2.75, 3.05) is 0 Å². The zero-order valence-corrected chi connectivity index (χ0v) is 7.14. The number of hydrogen-bond acceptors (Lipinski definition) is 2. The van der Waals surface area contributed by atoms with Gasteiger partial charge in [-0.1, -0.05) is 13.8 Å². The van der Waals surface area contributed by atoms with Gasteiger partial charge in [-0.25, -0.2) is 0 Å². The van der Waals surface area contributed by atoms with Gasteiger partial charge in [0.05, 0.1) is 6.42 Å². The van der Waals surface area contributed by atoms with Crippen molar-refractivity contribution in [1.82, 2.24) is 0 Å². The Labute approximate surface area is 67.0 Å². The summed E-state index contributed by atoms with van der Waals surface area (Å²) in [5, 5.41) is 0. The van der Waals surface area contributed by atoms with E-state index in [9.17, 15) is 9.59 Å². The fourth-order valence-electron chi connectivity index (χ4n) is 1.61. The largest absolute Gasteiger partial charge is 0.299 e. The molecule has 0 atom stereocenters. The van der Waals surface area contributed by atoms with E-state index < -0.39 is 0 Å². The van der Waals surface area contributed by atoms with Crippen molar-refractivity contribution >= 4 is 11.6 Å². The molecule has 1 rings (SSSR count). The molecule has 0 amide bonds. The van der Waals surface area contributed by atoms with Crippen LogP contribution in [0.4, 0.5) is 0 Å². The second-order valence-corrected chi connectivity index (χ2v) is 3.77. The van der Waals surface area contributed by atoms with Gasteiger partial charge < -0.3 is 0 Å². The average Bonchev–Trinajstić information content (AvgIpc) is 1.84. The third kappa shape index (κ3) is 1.88. The van der Waals surface area contributed by atoms with Crippen molar-refractivity contribution in [3.05, 3.63) is 0 Å². The first-order valence-corrected chi connectivity index (χ1v) is 4.09. The minimum absolute atomic E-state index is 0.0353. The molecule has 0 spiro atoms. The van der Waals surface area contributed by atoms with Crippen LogP contribution in [0.1, 0.15) is 39.5 Å². The van der Waals surface area contributed by atoms with Crippen molar-refractivity contribution in [1.29, 1.82) is 0 Å². The summed E-state index contributed by atoms with van der Waals surface area (Å²) in [4.78, 5) is 22.1. The van der Waals surface area contributed by atoms with Crippen LogP contribution >= 0.6 is 0 Å².